The molecule has 4 N–H and O–H groups in total. The van der Waals surface area contributed by atoms with Crippen LogP contribution in [0.5, 0.6) is 0 Å². The van der Waals surface area contributed by atoms with Crippen LogP contribution in [0.15, 0.2) is 9.59 Å². The molecule has 1 saturated heterocycles. The summed E-state index contributed by atoms with van der Waals surface area (Å²) in [6, 6.07) is 0. The fraction of sp³-hybridized carbons (Fsp3) is 0.615. The van der Waals surface area contributed by atoms with E-state index >= 15 is 0 Å². The van der Waals surface area contributed by atoms with E-state index in [2.05, 4.69) is 4.98 Å². The molecule has 0 radical (unpaired) electrons. The minimum Gasteiger partial charge on any atom is -0.392 e. The van der Waals surface area contributed by atoms with Gasteiger partial charge in [0.2, 0.25) is 0 Å². The summed E-state index contributed by atoms with van der Waals surface area (Å²) in [6.07, 6.45) is 4.73. The molecule has 0 spiro atoms. The summed E-state index contributed by atoms with van der Waals surface area (Å²) < 4.78 is 0. The van der Waals surface area contributed by atoms with E-state index in [4.69, 9.17) is 5.73 Å². The van der Waals surface area contributed by atoms with Crippen molar-refractivity contribution >= 4 is 11.6 Å². The number of nitrogen functional groups attached to an aromatic ring is 1. The highest BCUT2D eigenvalue weighted by atomic mass is 16.2. The number of carbonyl (C=O) groups is 1. The number of hydrogen-bond acceptors (Lipinski definition) is 4. The van der Waals surface area contributed by atoms with Crippen molar-refractivity contribution in [3.05, 3.63) is 26.5 Å². The maximum Gasteiger partial charge on any atom is 0.326 e. The van der Waals surface area contributed by atoms with Gasteiger partial charge in [0.15, 0.2) is 0 Å². The Morgan fingerprint density at radius 1 is 1.10 bits per heavy atom. The normalized spacial score (nSPS) is 25.5. The molecule has 2 heterocycles. The van der Waals surface area contributed by atoms with Gasteiger partial charge in [0.1, 0.15) is 11.4 Å². The minimum absolute atomic E-state index is 0.0857. The van der Waals surface area contributed by atoms with Crippen LogP contribution in [-0.2, 0) is 0 Å². The number of nitrogens with zero attached hydrogens (tertiary/aromatic N) is 1. The first kappa shape index (κ1) is 13.0. The van der Waals surface area contributed by atoms with E-state index in [0.717, 1.165) is 12.8 Å². The van der Waals surface area contributed by atoms with Gasteiger partial charge < -0.3 is 15.6 Å². The van der Waals surface area contributed by atoms with Crippen LogP contribution >= 0.6 is 0 Å². The number of nitrogens with two attached hydrogens (primary N) is 1. The highest BCUT2D eigenvalue weighted by Crippen LogP contribution is 2.36. The average Bonchev–Trinajstić information content (AvgIpc) is 2.86. The third-order valence-corrected chi connectivity index (χ3v) is 4.46. The zero-order chi connectivity index (χ0) is 14.3. The van der Waals surface area contributed by atoms with Crippen molar-refractivity contribution in [2.45, 2.75) is 25.7 Å². The number of hydrogen-bond donors (Lipinski definition) is 3. The summed E-state index contributed by atoms with van der Waals surface area (Å²) in [4.78, 5) is 41.3. The van der Waals surface area contributed by atoms with Gasteiger partial charge in [-0.25, -0.2) is 4.79 Å². The van der Waals surface area contributed by atoms with Crippen molar-refractivity contribution in [2.24, 2.45) is 11.8 Å². The maximum atomic E-state index is 12.4. The molecule has 108 valence electrons. The van der Waals surface area contributed by atoms with Gasteiger partial charge in [0.25, 0.3) is 11.5 Å². The fourth-order valence-corrected chi connectivity index (χ4v) is 3.39. The molecular weight excluding hydrogens is 260 g/mol. The van der Waals surface area contributed by atoms with E-state index in [-0.39, 0.29) is 17.3 Å². The molecule has 20 heavy (non-hydrogen) atoms. The first-order chi connectivity index (χ1) is 9.56. The molecule has 1 amide bonds. The van der Waals surface area contributed by atoms with Crippen molar-refractivity contribution in [1.29, 1.82) is 0 Å². The van der Waals surface area contributed by atoms with Crippen LogP contribution in [0.1, 0.15) is 36.2 Å². The van der Waals surface area contributed by atoms with Gasteiger partial charge in [-0.3, -0.25) is 14.6 Å². The molecule has 2 aliphatic rings. The number of H-pyrrole nitrogens is 2. The summed E-state index contributed by atoms with van der Waals surface area (Å²) in [5.41, 5.74) is 3.88. The number of aromatic amines is 2. The van der Waals surface area contributed by atoms with Crippen LogP contribution in [-0.4, -0.2) is 33.9 Å². The first-order valence-corrected chi connectivity index (χ1v) is 6.97. The van der Waals surface area contributed by atoms with Crippen LogP contribution in [0.25, 0.3) is 0 Å². The fourth-order valence-electron chi connectivity index (χ4n) is 3.39. The Hall–Kier alpha value is -2.05. The second kappa shape index (κ2) is 4.81. The molecule has 0 bridgehead atoms. The van der Waals surface area contributed by atoms with Gasteiger partial charge in [0.05, 0.1) is 0 Å². The molecule has 1 saturated carbocycles. The van der Waals surface area contributed by atoms with E-state index in [1.54, 1.807) is 4.90 Å². The standard InChI is InChI=1S/C13H18N4O3/c14-9-10(15-13(20)16-11(9)18)12(19)17-5-7-3-1-2-4-8(7)6-17/h7-8H,1-6,14H2,(H2,15,16,18,20). The zero-order valence-corrected chi connectivity index (χ0v) is 11.1. The Morgan fingerprint density at radius 3 is 2.30 bits per heavy atom. The van der Waals surface area contributed by atoms with Gasteiger partial charge in [-0.1, -0.05) is 12.8 Å². The van der Waals surface area contributed by atoms with E-state index in [0.29, 0.717) is 24.9 Å². The second-order valence-electron chi connectivity index (χ2n) is 5.71. The largest absolute Gasteiger partial charge is 0.392 e. The quantitative estimate of drug-likeness (QED) is 0.666. The monoisotopic (exact) mass is 278 g/mol. The van der Waals surface area contributed by atoms with Crippen molar-refractivity contribution in [3.63, 3.8) is 0 Å². The Labute approximate surface area is 115 Å². The molecule has 7 heteroatoms. The lowest BCUT2D eigenvalue weighted by molar-refractivity contribution is 0.0778. The molecule has 1 aliphatic carbocycles. The average molecular weight is 278 g/mol. The van der Waals surface area contributed by atoms with Crippen LogP contribution < -0.4 is 17.0 Å². The smallest absolute Gasteiger partial charge is 0.326 e. The predicted octanol–water partition coefficient (Wildman–Crippen LogP) is -0.0924. The summed E-state index contributed by atoms with van der Waals surface area (Å²) in [6.45, 7) is 1.38. The number of likely N-dealkylation sites (tertiary alicyclic amines) is 1. The van der Waals surface area contributed by atoms with Gasteiger partial charge >= 0.3 is 5.69 Å². The van der Waals surface area contributed by atoms with E-state index in [1.807, 2.05) is 4.98 Å². The molecule has 2 unspecified atom stereocenters. The number of rotatable bonds is 1. The number of amides is 1. The Balaban J connectivity index is 1.87. The Kier molecular flexibility index (Phi) is 3.11. The topological polar surface area (TPSA) is 112 Å². The molecule has 0 aromatic carbocycles. The molecule has 3 rings (SSSR count). The molecule has 1 aromatic heterocycles. The van der Waals surface area contributed by atoms with Crippen LogP contribution in [0.4, 0.5) is 5.69 Å². The highest BCUT2D eigenvalue weighted by molar-refractivity contribution is 5.97. The van der Waals surface area contributed by atoms with Crippen molar-refractivity contribution < 1.29 is 4.79 Å². The minimum atomic E-state index is -0.714. The maximum absolute atomic E-state index is 12.4. The van der Waals surface area contributed by atoms with E-state index in [1.165, 1.54) is 12.8 Å². The summed E-state index contributed by atoms with van der Waals surface area (Å²) in [5.74, 6) is 0.741. The zero-order valence-electron chi connectivity index (χ0n) is 11.1. The first-order valence-electron chi connectivity index (χ1n) is 6.97. The van der Waals surface area contributed by atoms with Crippen LogP contribution in [0.2, 0.25) is 0 Å². The van der Waals surface area contributed by atoms with Crippen molar-refractivity contribution in [2.75, 3.05) is 18.8 Å². The third-order valence-electron chi connectivity index (χ3n) is 4.46. The number of fused-ring (bicyclic) bond motifs is 1. The van der Waals surface area contributed by atoms with E-state index in [9.17, 15) is 14.4 Å². The number of nitrogens with one attached hydrogen (secondary N) is 2. The molecule has 1 aromatic rings. The summed E-state index contributed by atoms with van der Waals surface area (Å²) >= 11 is 0. The Morgan fingerprint density at radius 2 is 1.70 bits per heavy atom. The van der Waals surface area contributed by atoms with Gasteiger partial charge in [-0.05, 0) is 24.7 Å². The van der Waals surface area contributed by atoms with Crippen LogP contribution in [0, 0.1) is 11.8 Å². The van der Waals surface area contributed by atoms with Crippen LogP contribution in [0.3, 0.4) is 0 Å². The second-order valence-corrected chi connectivity index (χ2v) is 5.71. The predicted molar refractivity (Wildman–Crippen MR) is 73.4 cm³/mol. The van der Waals surface area contributed by atoms with Gasteiger partial charge in [-0.15, -0.1) is 0 Å². The molecule has 7 nitrogen and oxygen atoms in total. The van der Waals surface area contributed by atoms with Gasteiger partial charge in [0, 0.05) is 13.1 Å². The van der Waals surface area contributed by atoms with Crippen molar-refractivity contribution in [1.82, 2.24) is 14.9 Å². The number of anilines is 1. The van der Waals surface area contributed by atoms with Crippen molar-refractivity contribution in [3.8, 4) is 0 Å². The summed E-state index contributed by atoms with van der Waals surface area (Å²) in [5, 5.41) is 0. The van der Waals surface area contributed by atoms with Gasteiger partial charge in [-0.2, -0.15) is 0 Å². The lowest BCUT2D eigenvalue weighted by Gasteiger charge is -2.22. The third kappa shape index (κ3) is 2.13. The number of carbonyl (C=O) groups excluding carboxylic acids is 1. The molecule has 2 atom stereocenters. The molecule has 2 fully saturated rings. The lowest BCUT2D eigenvalue weighted by Crippen LogP contribution is -2.35. The SMILES string of the molecule is Nc1c(C(=O)N2CC3CCCCC3C2)[nH]c(=O)[nH]c1=O. The summed E-state index contributed by atoms with van der Waals surface area (Å²) in [7, 11) is 0. The van der Waals surface area contributed by atoms with E-state index < -0.39 is 11.2 Å². The number of aromatic nitrogens is 2. The lowest BCUT2D eigenvalue weighted by atomic mass is 9.82. The molecular formula is C13H18N4O3. The molecule has 1 aliphatic heterocycles. The Bertz CT molecular complexity index is 634. The highest BCUT2D eigenvalue weighted by Gasteiger charge is 2.37.